The van der Waals surface area contributed by atoms with Crippen molar-refractivity contribution in [3.05, 3.63) is 34.7 Å². The maximum absolute atomic E-state index is 12.7. The van der Waals surface area contributed by atoms with Crippen molar-refractivity contribution in [3.8, 4) is 11.3 Å². The number of hydrogen-bond donors (Lipinski definition) is 1. The molecule has 2 saturated carbocycles. The second kappa shape index (κ2) is 6.50. The highest BCUT2D eigenvalue weighted by molar-refractivity contribution is 7.14. The molecular formula is C20H21N2O3S-. The normalized spacial score (nSPS) is 26.8. The highest BCUT2D eigenvalue weighted by atomic mass is 32.1. The van der Waals surface area contributed by atoms with Crippen molar-refractivity contribution >= 4 is 28.3 Å². The lowest BCUT2D eigenvalue weighted by atomic mass is 9.79. The number of rotatable bonds is 4. The second-order valence-electron chi connectivity index (χ2n) is 7.53. The fraction of sp³-hybridized carbons (Fsp3) is 0.450. The summed E-state index contributed by atoms with van der Waals surface area (Å²) in [4.78, 5) is 28.7. The maximum atomic E-state index is 12.7. The van der Waals surface area contributed by atoms with Crippen LogP contribution in [0.5, 0.6) is 0 Å². The van der Waals surface area contributed by atoms with E-state index in [1.807, 2.05) is 11.4 Å². The third kappa shape index (κ3) is 2.92. The van der Waals surface area contributed by atoms with Gasteiger partial charge in [0.25, 0.3) is 0 Å². The summed E-state index contributed by atoms with van der Waals surface area (Å²) < 4.78 is 0. The van der Waals surface area contributed by atoms with E-state index in [-0.39, 0.29) is 17.7 Å². The van der Waals surface area contributed by atoms with Gasteiger partial charge < -0.3 is 15.2 Å². The lowest BCUT2D eigenvalue weighted by Gasteiger charge is -2.30. The monoisotopic (exact) mass is 369 g/mol. The number of carbonyl (C=O) groups is 2. The van der Waals surface area contributed by atoms with Crippen molar-refractivity contribution in [2.75, 3.05) is 5.32 Å². The number of carboxylic acid groups (broad SMARTS) is 1. The highest BCUT2D eigenvalue weighted by Crippen LogP contribution is 2.52. The largest absolute Gasteiger partial charge is 0.550 e. The molecule has 1 aromatic heterocycles. The standard InChI is InChI=1S/C20H22N2O3S/c1-10-3-4-12(7-11(10)2)15-9-26-20(21-15)22-18(23)16-13-5-6-14(8-13)17(16)19(24)25/h3-4,7,9,13-14,16-17H,5-6,8H2,1-2H3,(H,24,25)(H,21,22,23)/p-1/t13-,14+,16-,17+/m0/s1. The van der Waals surface area contributed by atoms with Gasteiger partial charge >= 0.3 is 0 Å². The Hall–Kier alpha value is -2.21. The van der Waals surface area contributed by atoms with E-state index in [0.717, 1.165) is 30.5 Å². The van der Waals surface area contributed by atoms with Gasteiger partial charge in [0.05, 0.1) is 5.69 Å². The molecule has 1 aromatic carbocycles. The Morgan fingerprint density at radius 3 is 2.58 bits per heavy atom. The van der Waals surface area contributed by atoms with E-state index in [0.29, 0.717) is 5.13 Å². The van der Waals surface area contributed by atoms with Crippen molar-refractivity contribution in [3.63, 3.8) is 0 Å². The van der Waals surface area contributed by atoms with Gasteiger partial charge in [-0.2, -0.15) is 0 Å². The lowest BCUT2D eigenvalue weighted by molar-refractivity contribution is -0.314. The van der Waals surface area contributed by atoms with Crippen molar-refractivity contribution in [2.24, 2.45) is 23.7 Å². The summed E-state index contributed by atoms with van der Waals surface area (Å²) in [5.74, 6) is -2.23. The van der Waals surface area contributed by atoms with Crippen molar-refractivity contribution in [1.82, 2.24) is 4.98 Å². The van der Waals surface area contributed by atoms with Gasteiger partial charge in [-0.05, 0) is 62.1 Å². The molecule has 2 bridgehead atoms. The highest BCUT2D eigenvalue weighted by Gasteiger charge is 2.51. The van der Waals surface area contributed by atoms with Crippen LogP contribution in [0.2, 0.25) is 0 Å². The molecule has 2 aromatic rings. The van der Waals surface area contributed by atoms with Gasteiger partial charge in [-0.25, -0.2) is 4.98 Å². The predicted octanol–water partition coefficient (Wildman–Crippen LogP) is 2.78. The summed E-state index contributed by atoms with van der Waals surface area (Å²) in [7, 11) is 0. The van der Waals surface area contributed by atoms with Gasteiger partial charge in [-0.3, -0.25) is 4.79 Å². The third-order valence-electron chi connectivity index (χ3n) is 6.03. The van der Waals surface area contributed by atoms with Crippen LogP contribution in [0.4, 0.5) is 5.13 Å². The fourth-order valence-electron chi connectivity index (χ4n) is 4.56. The number of thiazole rings is 1. The number of nitrogens with zero attached hydrogens (tertiary/aromatic N) is 1. The van der Waals surface area contributed by atoms with E-state index in [4.69, 9.17) is 0 Å². The topological polar surface area (TPSA) is 82.1 Å². The van der Waals surface area contributed by atoms with Crippen LogP contribution in [0.15, 0.2) is 23.6 Å². The van der Waals surface area contributed by atoms with Crippen LogP contribution >= 0.6 is 11.3 Å². The predicted molar refractivity (Wildman–Crippen MR) is 98.5 cm³/mol. The van der Waals surface area contributed by atoms with Gasteiger partial charge in [0.15, 0.2) is 5.13 Å². The second-order valence-corrected chi connectivity index (χ2v) is 8.39. The quantitative estimate of drug-likeness (QED) is 0.898. The molecular weight excluding hydrogens is 348 g/mol. The Bertz CT molecular complexity index is 876. The summed E-state index contributed by atoms with van der Waals surface area (Å²) in [5.41, 5.74) is 4.25. The van der Waals surface area contributed by atoms with Gasteiger partial charge in [0, 0.05) is 28.7 Å². The van der Waals surface area contributed by atoms with Crippen LogP contribution < -0.4 is 10.4 Å². The van der Waals surface area contributed by atoms with Crippen molar-refractivity contribution < 1.29 is 14.7 Å². The summed E-state index contributed by atoms with van der Waals surface area (Å²) in [6, 6.07) is 6.16. The van der Waals surface area contributed by atoms with Crippen LogP contribution in [0.25, 0.3) is 11.3 Å². The molecule has 0 spiro atoms. The molecule has 5 nitrogen and oxygen atoms in total. The Morgan fingerprint density at radius 1 is 1.15 bits per heavy atom. The van der Waals surface area contributed by atoms with Crippen LogP contribution in [-0.4, -0.2) is 16.9 Å². The van der Waals surface area contributed by atoms with Crippen molar-refractivity contribution in [1.29, 1.82) is 0 Å². The molecule has 1 amide bonds. The Morgan fingerprint density at radius 2 is 1.88 bits per heavy atom. The number of anilines is 1. The smallest absolute Gasteiger partial charge is 0.230 e. The van der Waals surface area contributed by atoms with Gasteiger partial charge in [0.1, 0.15) is 0 Å². The Balaban J connectivity index is 1.51. The number of benzene rings is 1. The Kier molecular flexibility index (Phi) is 4.31. The number of carboxylic acids is 1. The number of fused-ring (bicyclic) bond motifs is 2. The molecule has 26 heavy (non-hydrogen) atoms. The van der Waals surface area contributed by atoms with E-state index in [1.165, 1.54) is 22.5 Å². The number of aromatic nitrogens is 1. The minimum absolute atomic E-state index is 0.0862. The molecule has 4 atom stereocenters. The number of aliphatic carboxylic acids is 1. The molecule has 2 aliphatic carbocycles. The van der Waals surface area contributed by atoms with E-state index >= 15 is 0 Å². The minimum Gasteiger partial charge on any atom is -0.550 e. The number of carbonyl (C=O) groups excluding carboxylic acids is 2. The SMILES string of the molecule is Cc1ccc(-c2csc(NC(=O)[C@H]3[C@H]4CC[C@H](C4)[C@H]3C(=O)[O-])n2)cc1C. The van der Waals surface area contributed by atoms with Gasteiger partial charge in [-0.1, -0.05) is 12.1 Å². The van der Waals surface area contributed by atoms with E-state index < -0.39 is 17.8 Å². The molecule has 4 rings (SSSR count). The van der Waals surface area contributed by atoms with E-state index in [9.17, 15) is 14.7 Å². The molecule has 0 unspecified atom stereocenters. The van der Waals surface area contributed by atoms with Crippen molar-refractivity contribution in [2.45, 2.75) is 33.1 Å². The zero-order valence-electron chi connectivity index (χ0n) is 14.8. The molecule has 0 radical (unpaired) electrons. The first-order valence-corrected chi connectivity index (χ1v) is 9.87. The van der Waals surface area contributed by atoms with Gasteiger partial charge in [-0.15, -0.1) is 11.3 Å². The first-order valence-electron chi connectivity index (χ1n) is 8.99. The first kappa shape index (κ1) is 17.2. The molecule has 0 saturated heterocycles. The zero-order chi connectivity index (χ0) is 18.4. The fourth-order valence-corrected chi connectivity index (χ4v) is 5.28. The zero-order valence-corrected chi connectivity index (χ0v) is 15.6. The molecule has 6 heteroatoms. The van der Waals surface area contributed by atoms with E-state index in [2.05, 4.69) is 36.3 Å². The van der Waals surface area contributed by atoms with Gasteiger partial charge in [0.2, 0.25) is 5.91 Å². The number of aryl methyl sites for hydroxylation is 2. The van der Waals surface area contributed by atoms with Crippen LogP contribution in [0.3, 0.4) is 0 Å². The van der Waals surface area contributed by atoms with E-state index in [1.54, 1.807) is 0 Å². The third-order valence-corrected chi connectivity index (χ3v) is 6.79. The maximum Gasteiger partial charge on any atom is 0.230 e. The summed E-state index contributed by atoms with van der Waals surface area (Å²) >= 11 is 1.37. The summed E-state index contributed by atoms with van der Waals surface area (Å²) in [6.07, 6.45) is 2.64. The number of amides is 1. The minimum atomic E-state index is -1.09. The summed E-state index contributed by atoms with van der Waals surface area (Å²) in [6.45, 7) is 4.12. The first-order chi connectivity index (χ1) is 12.4. The van der Waals surface area contributed by atoms with Crippen LogP contribution in [0.1, 0.15) is 30.4 Å². The Labute approximate surface area is 156 Å². The average molecular weight is 369 g/mol. The molecule has 2 fully saturated rings. The number of hydrogen-bond acceptors (Lipinski definition) is 5. The molecule has 0 aliphatic heterocycles. The lowest BCUT2D eigenvalue weighted by Crippen LogP contribution is -2.43. The molecule has 1 heterocycles. The van der Waals surface area contributed by atoms with Crippen LogP contribution in [-0.2, 0) is 9.59 Å². The summed E-state index contributed by atoms with van der Waals surface area (Å²) in [5, 5.41) is 16.8. The molecule has 1 N–H and O–H groups in total. The average Bonchev–Trinajstić information content (AvgIpc) is 3.32. The number of nitrogens with one attached hydrogen (secondary N) is 1. The molecule has 2 aliphatic rings. The van der Waals surface area contributed by atoms with Crippen LogP contribution in [0, 0.1) is 37.5 Å². The molecule has 136 valence electrons.